The van der Waals surface area contributed by atoms with Crippen molar-refractivity contribution in [3.63, 3.8) is 0 Å². The molecule has 1 N–H and O–H groups in total. The zero-order valence-electron chi connectivity index (χ0n) is 11.9. The molecule has 1 aromatic rings. The fourth-order valence-electron chi connectivity index (χ4n) is 2.27. The monoisotopic (exact) mass is 268 g/mol. The van der Waals surface area contributed by atoms with Crippen LogP contribution in [0.3, 0.4) is 0 Å². The lowest BCUT2D eigenvalue weighted by Crippen LogP contribution is -2.41. The summed E-state index contributed by atoms with van der Waals surface area (Å²) < 4.78 is 5.14. The van der Waals surface area contributed by atoms with E-state index in [1.807, 2.05) is 11.3 Å². The van der Waals surface area contributed by atoms with Crippen molar-refractivity contribution >= 4 is 11.3 Å². The van der Waals surface area contributed by atoms with Gasteiger partial charge in [0.15, 0.2) is 0 Å². The topological polar surface area (TPSA) is 34.1 Å². The molecule has 0 aromatic carbocycles. The number of aromatic nitrogens is 1. The Labute approximate surface area is 114 Å². The highest BCUT2D eigenvalue weighted by Gasteiger charge is 2.36. The number of hydrogen-bond donors (Lipinski definition) is 1. The summed E-state index contributed by atoms with van der Waals surface area (Å²) in [5.41, 5.74) is 1.19. The number of methoxy groups -OCH3 is 1. The van der Waals surface area contributed by atoms with Gasteiger partial charge in [-0.05, 0) is 33.1 Å². The van der Waals surface area contributed by atoms with Crippen LogP contribution in [0.4, 0.5) is 0 Å². The van der Waals surface area contributed by atoms with Gasteiger partial charge < -0.3 is 10.1 Å². The first-order chi connectivity index (χ1) is 8.55. The first-order valence-corrected chi connectivity index (χ1v) is 7.55. The standard InChI is InChI=1S/C14H24N2OS/c1-10-11(2)18-13(16-10)14(3,9-12-5-6-12)15-7-8-17-4/h12,15H,5-9H2,1-4H3. The second kappa shape index (κ2) is 5.68. The van der Waals surface area contributed by atoms with E-state index < -0.39 is 0 Å². The quantitative estimate of drug-likeness (QED) is 0.772. The average molecular weight is 268 g/mol. The van der Waals surface area contributed by atoms with E-state index in [0.717, 1.165) is 19.1 Å². The number of thiazole rings is 1. The Morgan fingerprint density at radius 2 is 2.17 bits per heavy atom. The largest absolute Gasteiger partial charge is 0.383 e. The van der Waals surface area contributed by atoms with E-state index in [9.17, 15) is 0 Å². The molecule has 1 fully saturated rings. The molecule has 0 bridgehead atoms. The van der Waals surface area contributed by atoms with Crippen LogP contribution in [-0.2, 0) is 10.3 Å². The van der Waals surface area contributed by atoms with E-state index in [-0.39, 0.29) is 5.54 Å². The summed E-state index contributed by atoms with van der Waals surface area (Å²) in [6.07, 6.45) is 3.96. The molecule has 1 aliphatic rings. The van der Waals surface area contributed by atoms with E-state index >= 15 is 0 Å². The molecule has 3 nitrogen and oxygen atoms in total. The zero-order chi connectivity index (χ0) is 13.2. The van der Waals surface area contributed by atoms with E-state index in [1.165, 1.54) is 34.8 Å². The van der Waals surface area contributed by atoms with E-state index in [4.69, 9.17) is 9.72 Å². The molecule has 2 rings (SSSR count). The second-order valence-corrected chi connectivity index (χ2v) is 6.76. The highest BCUT2D eigenvalue weighted by atomic mass is 32.1. The predicted octanol–water partition coefficient (Wildman–Crippen LogP) is 3.01. The summed E-state index contributed by atoms with van der Waals surface area (Å²) in [7, 11) is 1.75. The van der Waals surface area contributed by atoms with Crippen LogP contribution in [0.5, 0.6) is 0 Å². The Hall–Kier alpha value is -0.450. The van der Waals surface area contributed by atoms with Crippen molar-refractivity contribution in [2.24, 2.45) is 5.92 Å². The van der Waals surface area contributed by atoms with Gasteiger partial charge in [-0.15, -0.1) is 11.3 Å². The third-order valence-corrected chi connectivity index (χ3v) is 5.05. The van der Waals surface area contributed by atoms with E-state index in [2.05, 4.69) is 26.1 Å². The lowest BCUT2D eigenvalue weighted by molar-refractivity contribution is 0.182. The fourth-order valence-corrected chi connectivity index (χ4v) is 3.32. The van der Waals surface area contributed by atoms with Gasteiger partial charge in [0, 0.05) is 18.5 Å². The fraction of sp³-hybridized carbons (Fsp3) is 0.786. The molecule has 1 aliphatic carbocycles. The van der Waals surface area contributed by atoms with Crippen LogP contribution < -0.4 is 5.32 Å². The maximum atomic E-state index is 5.14. The highest BCUT2D eigenvalue weighted by Crippen LogP contribution is 2.41. The van der Waals surface area contributed by atoms with Gasteiger partial charge in [-0.2, -0.15) is 0 Å². The minimum atomic E-state index is 0.0172. The van der Waals surface area contributed by atoms with Gasteiger partial charge in [0.2, 0.25) is 0 Å². The predicted molar refractivity (Wildman–Crippen MR) is 76.2 cm³/mol. The van der Waals surface area contributed by atoms with Crippen LogP contribution >= 0.6 is 11.3 Å². The van der Waals surface area contributed by atoms with Crippen molar-refractivity contribution in [1.82, 2.24) is 10.3 Å². The van der Waals surface area contributed by atoms with Gasteiger partial charge in [0.05, 0.1) is 17.8 Å². The summed E-state index contributed by atoms with van der Waals surface area (Å²) in [6, 6.07) is 0. The number of nitrogens with zero attached hydrogens (tertiary/aromatic N) is 1. The van der Waals surface area contributed by atoms with E-state index in [1.54, 1.807) is 7.11 Å². The molecular weight excluding hydrogens is 244 g/mol. The number of nitrogens with one attached hydrogen (secondary N) is 1. The van der Waals surface area contributed by atoms with Gasteiger partial charge in [-0.25, -0.2) is 4.98 Å². The Kier molecular flexibility index (Phi) is 4.41. The average Bonchev–Trinajstić information content (AvgIpc) is 3.05. The normalized spacial score (nSPS) is 18.9. The van der Waals surface area contributed by atoms with Gasteiger partial charge in [-0.1, -0.05) is 12.8 Å². The van der Waals surface area contributed by atoms with Crippen LogP contribution in [0.1, 0.15) is 41.8 Å². The van der Waals surface area contributed by atoms with Crippen molar-refractivity contribution in [3.05, 3.63) is 15.6 Å². The number of aryl methyl sites for hydroxylation is 2. The Bertz CT molecular complexity index is 381. The molecule has 102 valence electrons. The number of hydrogen-bond acceptors (Lipinski definition) is 4. The smallest absolute Gasteiger partial charge is 0.113 e. The van der Waals surface area contributed by atoms with E-state index in [0.29, 0.717) is 0 Å². The zero-order valence-corrected chi connectivity index (χ0v) is 12.7. The van der Waals surface area contributed by atoms with Crippen LogP contribution in [-0.4, -0.2) is 25.2 Å². The van der Waals surface area contributed by atoms with Crippen molar-refractivity contribution in [2.45, 2.75) is 45.6 Å². The van der Waals surface area contributed by atoms with Crippen molar-refractivity contribution in [2.75, 3.05) is 20.3 Å². The molecule has 1 aromatic heterocycles. The number of ether oxygens (including phenoxy) is 1. The van der Waals surface area contributed by atoms with Gasteiger partial charge in [0.25, 0.3) is 0 Å². The minimum Gasteiger partial charge on any atom is -0.383 e. The molecular formula is C14H24N2OS. The molecule has 0 aliphatic heterocycles. The number of rotatable bonds is 7. The summed E-state index contributed by atoms with van der Waals surface area (Å²) >= 11 is 1.83. The maximum Gasteiger partial charge on any atom is 0.113 e. The molecule has 1 unspecified atom stereocenters. The third-order valence-electron chi connectivity index (χ3n) is 3.72. The molecule has 0 amide bonds. The Balaban J connectivity index is 2.11. The highest BCUT2D eigenvalue weighted by molar-refractivity contribution is 7.11. The SMILES string of the molecule is COCCNC(C)(CC1CC1)c1nc(C)c(C)s1. The molecule has 0 radical (unpaired) electrons. The maximum absolute atomic E-state index is 5.14. The molecule has 1 heterocycles. The Morgan fingerprint density at radius 1 is 1.44 bits per heavy atom. The van der Waals surface area contributed by atoms with Gasteiger partial charge in [-0.3, -0.25) is 0 Å². The van der Waals surface area contributed by atoms with Crippen molar-refractivity contribution in [3.8, 4) is 0 Å². The first kappa shape index (κ1) is 14.0. The first-order valence-electron chi connectivity index (χ1n) is 6.73. The molecule has 0 spiro atoms. The van der Waals surface area contributed by atoms with Crippen LogP contribution in [0.15, 0.2) is 0 Å². The van der Waals surface area contributed by atoms with Gasteiger partial charge in [0.1, 0.15) is 5.01 Å². The van der Waals surface area contributed by atoms with Crippen LogP contribution in [0, 0.1) is 19.8 Å². The van der Waals surface area contributed by atoms with Gasteiger partial charge >= 0.3 is 0 Å². The van der Waals surface area contributed by atoms with Crippen LogP contribution in [0.25, 0.3) is 0 Å². The van der Waals surface area contributed by atoms with Crippen molar-refractivity contribution in [1.29, 1.82) is 0 Å². The summed E-state index contributed by atoms with van der Waals surface area (Å²) in [5, 5.41) is 4.88. The molecule has 18 heavy (non-hydrogen) atoms. The minimum absolute atomic E-state index is 0.0172. The Morgan fingerprint density at radius 3 is 2.67 bits per heavy atom. The molecule has 1 atom stereocenters. The molecule has 1 saturated carbocycles. The van der Waals surface area contributed by atoms with Crippen LogP contribution in [0.2, 0.25) is 0 Å². The lowest BCUT2D eigenvalue weighted by atomic mass is 9.95. The molecule has 4 heteroatoms. The summed E-state index contributed by atoms with van der Waals surface area (Å²) in [5.74, 6) is 0.884. The second-order valence-electron chi connectivity index (χ2n) is 5.56. The lowest BCUT2D eigenvalue weighted by Gasteiger charge is -2.29. The molecule has 0 saturated heterocycles. The third kappa shape index (κ3) is 3.31. The summed E-state index contributed by atoms with van der Waals surface area (Å²) in [4.78, 5) is 6.09. The van der Waals surface area contributed by atoms with Crippen molar-refractivity contribution < 1.29 is 4.74 Å². The summed E-state index contributed by atoms with van der Waals surface area (Å²) in [6.45, 7) is 8.19.